The molecule has 1 heterocycles. The quantitative estimate of drug-likeness (QED) is 0.406. The number of ether oxygens (including phenoxy) is 1. The van der Waals surface area contributed by atoms with Crippen LogP contribution in [0.25, 0.3) is 5.69 Å². The van der Waals surface area contributed by atoms with Crippen molar-refractivity contribution in [2.75, 3.05) is 32.1 Å². The van der Waals surface area contributed by atoms with Crippen molar-refractivity contribution in [3.8, 4) is 5.69 Å². The molecular formula is C27H42N4O3. The van der Waals surface area contributed by atoms with Gasteiger partial charge in [0.25, 0.3) is 0 Å². The van der Waals surface area contributed by atoms with Crippen molar-refractivity contribution in [3.05, 3.63) is 41.6 Å². The molecule has 1 N–H and O–H groups in total. The molecule has 0 atom stereocenters. The highest BCUT2D eigenvalue weighted by molar-refractivity contribution is 5.94. The Morgan fingerprint density at radius 1 is 1.09 bits per heavy atom. The number of nitrogens with one attached hydrogen (secondary N) is 1. The zero-order chi connectivity index (χ0) is 25.1. The largest absolute Gasteiger partial charge is 0.383 e. The summed E-state index contributed by atoms with van der Waals surface area (Å²) >= 11 is 0. The lowest BCUT2D eigenvalue weighted by molar-refractivity contribution is -0.135. The van der Waals surface area contributed by atoms with E-state index in [0.717, 1.165) is 36.2 Å². The molecule has 0 saturated carbocycles. The Morgan fingerprint density at radius 3 is 2.38 bits per heavy atom. The summed E-state index contributed by atoms with van der Waals surface area (Å²) in [5, 5.41) is 7.75. The molecule has 1 aromatic heterocycles. The number of benzene rings is 1. The van der Waals surface area contributed by atoms with Crippen LogP contribution in [0, 0.1) is 6.92 Å². The van der Waals surface area contributed by atoms with Crippen LogP contribution >= 0.6 is 0 Å². The Balaban J connectivity index is 2.14. The van der Waals surface area contributed by atoms with Crippen molar-refractivity contribution in [1.29, 1.82) is 0 Å². The van der Waals surface area contributed by atoms with Crippen LogP contribution in [0.3, 0.4) is 0 Å². The molecule has 0 aliphatic carbocycles. The Kier molecular flexibility index (Phi) is 10.8. The number of aryl methyl sites for hydroxylation is 1. The molecule has 188 valence electrons. The smallest absolute Gasteiger partial charge is 0.245 e. The van der Waals surface area contributed by atoms with Crippen LogP contribution in [0.1, 0.15) is 77.5 Å². The molecule has 0 aliphatic rings. The fourth-order valence-electron chi connectivity index (χ4n) is 3.61. The Morgan fingerprint density at radius 2 is 1.76 bits per heavy atom. The first-order valence-corrected chi connectivity index (χ1v) is 12.4. The van der Waals surface area contributed by atoms with Crippen LogP contribution in [-0.2, 0) is 19.7 Å². The van der Waals surface area contributed by atoms with E-state index in [4.69, 9.17) is 9.84 Å². The lowest BCUT2D eigenvalue weighted by Gasteiger charge is -2.22. The second-order valence-electron chi connectivity index (χ2n) is 9.93. The van der Waals surface area contributed by atoms with Crippen molar-refractivity contribution in [1.82, 2.24) is 14.7 Å². The third-order valence-electron chi connectivity index (χ3n) is 5.77. The number of amides is 2. The van der Waals surface area contributed by atoms with E-state index in [9.17, 15) is 9.59 Å². The molecule has 0 aliphatic heterocycles. The lowest BCUT2D eigenvalue weighted by atomic mass is 9.92. The van der Waals surface area contributed by atoms with E-state index in [1.54, 1.807) is 16.7 Å². The maximum Gasteiger partial charge on any atom is 0.245 e. The topological polar surface area (TPSA) is 76.5 Å². The molecule has 34 heavy (non-hydrogen) atoms. The molecule has 0 spiro atoms. The van der Waals surface area contributed by atoms with Crippen molar-refractivity contribution in [3.63, 3.8) is 0 Å². The van der Waals surface area contributed by atoms with Crippen LogP contribution < -0.4 is 5.32 Å². The van der Waals surface area contributed by atoms with Gasteiger partial charge >= 0.3 is 0 Å². The van der Waals surface area contributed by atoms with E-state index in [2.05, 4.69) is 33.0 Å². The van der Waals surface area contributed by atoms with E-state index >= 15 is 0 Å². The molecule has 0 unspecified atom stereocenters. The highest BCUT2D eigenvalue weighted by atomic mass is 16.5. The predicted molar refractivity (Wildman–Crippen MR) is 137 cm³/mol. The molecule has 0 bridgehead atoms. The first-order chi connectivity index (χ1) is 16.2. The summed E-state index contributed by atoms with van der Waals surface area (Å²) in [6.07, 6.45) is 5.84. The van der Waals surface area contributed by atoms with Crippen molar-refractivity contribution >= 4 is 17.6 Å². The lowest BCUT2D eigenvalue weighted by Crippen LogP contribution is -2.40. The van der Waals surface area contributed by atoms with Gasteiger partial charge in [0.15, 0.2) is 0 Å². The summed E-state index contributed by atoms with van der Waals surface area (Å²) in [7, 11) is 1.60. The van der Waals surface area contributed by atoms with Gasteiger partial charge in [-0.3, -0.25) is 9.59 Å². The minimum Gasteiger partial charge on any atom is -0.383 e. The molecule has 1 aromatic carbocycles. The molecule has 2 rings (SSSR count). The highest BCUT2D eigenvalue weighted by Gasteiger charge is 2.23. The van der Waals surface area contributed by atoms with E-state index in [1.807, 2.05) is 37.3 Å². The molecule has 2 amide bonds. The fraction of sp³-hybridized carbons (Fsp3) is 0.593. The number of hydrogen-bond donors (Lipinski definition) is 1. The Labute approximate surface area is 204 Å². The minimum atomic E-state index is -0.246. The van der Waals surface area contributed by atoms with Crippen LogP contribution in [0.15, 0.2) is 30.3 Å². The first kappa shape index (κ1) is 27.6. The summed E-state index contributed by atoms with van der Waals surface area (Å²) in [6, 6.07) is 9.91. The minimum absolute atomic E-state index is 0.00822. The average molecular weight is 471 g/mol. The Hall–Kier alpha value is -2.67. The molecule has 2 aromatic rings. The summed E-state index contributed by atoms with van der Waals surface area (Å²) in [4.78, 5) is 27.4. The van der Waals surface area contributed by atoms with E-state index in [-0.39, 0.29) is 23.8 Å². The number of nitrogens with zero attached hydrogens (tertiary/aromatic N) is 3. The summed E-state index contributed by atoms with van der Waals surface area (Å²) in [5.41, 5.74) is 2.73. The molecule has 0 radical (unpaired) electrons. The van der Waals surface area contributed by atoms with Crippen LogP contribution in [-0.4, -0.2) is 53.3 Å². The van der Waals surface area contributed by atoms with E-state index in [1.165, 1.54) is 12.8 Å². The second kappa shape index (κ2) is 13.3. The van der Waals surface area contributed by atoms with Crippen LogP contribution in [0.2, 0.25) is 0 Å². The second-order valence-corrected chi connectivity index (χ2v) is 9.93. The fourth-order valence-corrected chi connectivity index (χ4v) is 3.61. The summed E-state index contributed by atoms with van der Waals surface area (Å²) in [5.74, 6) is 0.341. The number of rotatable bonds is 13. The highest BCUT2D eigenvalue weighted by Crippen LogP contribution is 2.26. The maximum atomic E-state index is 13.0. The molecular weight excluding hydrogens is 428 g/mol. The van der Waals surface area contributed by atoms with Gasteiger partial charge in [0.05, 0.1) is 24.5 Å². The van der Waals surface area contributed by atoms with Gasteiger partial charge in [-0.1, -0.05) is 71.1 Å². The third-order valence-corrected chi connectivity index (χ3v) is 5.77. The number of hydrogen-bond acceptors (Lipinski definition) is 4. The zero-order valence-electron chi connectivity index (χ0n) is 21.8. The van der Waals surface area contributed by atoms with Crippen molar-refractivity contribution in [2.24, 2.45) is 0 Å². The van der Waals surface area contributed by atoms with Gasteiger partial charge in [-0.15, -0.1) is 0 Å². The standard InChI is InChI=1S/C27H42N4O3/c1-7-8-9-10-11-12-26(33)30(17-18-34-6)20-25(32)28-24-19-23(27(3,4)5)29-31(24)22-15-13-21(2)14-16-22/h13-16,19H,7-12,17-18,20H2,1-6H3,(H,28,32). The predicted octanol–water partition coefficient (Wildman–Crippen LogP) is 5.25. The number of aromatic nitrogens is 2. The molecule has 7 nitrogen and oxygen atoms in total. The summed E-state index contributed by atoms with van der Waals surface area (Å²) in [6.45, 7) is 11.2. The van der Waals surface area contributed by atoms with Gasteiger partial charge in [0.2, 0.25) is 11.8 Å². The summed E-state index contributed by atoms with van der Waals surface area (Å²) < 4.78 is 6.92. The Bertz CT molecular complexity index is 913. The number of carbonyl (C=O) groups is 2. The molecule has 7 heteroatoms. The normalized spacial score (nSPS) is 11.5. The number of unbranched alkanes of at least 4 members (excludes halogenated alkanes) is 4. The monoisotopic (exact) mass is 470 g/mol. The van der Waals surface area contributed by atoms with Gasteiger partial charge in [-0.05, 0) is 25.5 Å². The van der Waals surface area contributed by atoms with Crippen LogP contribution in [0.4, 0.5) is 5.82 Å². The number of methoxy groups -OCH3 is 1. The average Bonchev–Trinajstić information content (AvgIpc) is 3.21. The maximum absolute atomic E-state index is 13.0. The van der Waals surface area contributed by atoms with Gasteiger partial charge in [0, 0.05) is 31.6 Å². The van der Waals surface area contributed by atoms with Crippen molar-refractivity contribution < 1.29 is 14.3 Å². The number of anilines is 1. The molecule has 0 fully saturated rings. The van der Waals surface area contributed by atoms with E-state index < -0.39 is 0 Å². The SMILES string of the molecule is CCCCCCCC(=O)N(CCOC)CC(=O)Nc1cc(C(C)(C)C)nn1-c1ccc(C)cc1. The first-order valence-electron chi connectivity index (χ1n) is 12.4. The number of carbonyl (C=O) groups excluding carboxylic acids is 2. The van der Waals surface area contributed by atoms with Gasteiger partial charge in [-0.25, -0.2) is 4.68 Å². The third kappa shape index (κ3) is 8.60. The van der Waals surface area contributed by atoms with Crippen molar-refractivity contribution in [2.45, 2.75) is 78.6 Å². The van der Waals surface area contributed by atoms with Crippen LogP contribution in [0.5, 0.6) is 0 Å². The van der Waals surface area contributed by atoms with Gasteiger partial charge in [-0.2, -0.15) is 5.10 Å². The zero-order valence-corrected chi connectivity index (χ0v) is 21.8. The van der Waals surface area contributed by atoms with Gasteiger partial charge in [0.1, 0.15) is 5.82 Å². The van der Waals surface area contributed by atoms with E-state index in [0.29, 0.717) is 25.4 Å². The molecule has 0 saturated heterocycles. The van der Waals surface area contributed by atoms with Gasteiger partial charge < -0.3 is 15.0 Å².